The van der Waals surface area contributed by atoms with Gasteiger partial charge in [0.1, 0.15) is 5.82 Å². The Morgan fingerprint density at radius 2 is 1.88 bits per heavy atom. The number of benzene rings is 2. The van der Waals surface area contributed by atoms with Crippen molar-refractivity contribution in [2.24, 2.45) is 0 Å². The van der Waals surface area contributed by atoms with Crippen LogP contribution in [0, 0.1) is 17.1 Å². The van der Waals surface area contributed by atoms with Crippen molar-refractivity contribution in [2.75, 3.05) is 11.9 Å². The van der Waals surface area contributed by atoms with Crippen LogP contribution in [0.3, 0.4) is 0 Å². The lowest BCUT2D eigenvalue weighted by molar-refractivity contribution is 0.588. The summed E-state index contributed by atoms with van der Waals surface area (Å²) in [7, 11) is 1.96. The summed E-state index contributed by atoms with van der Waals surface area (Å²) >= 11 is 5.90. The van der Waals surface area contributed by atoms with Gasteiger partial charge in [-0.3, -0.25) is 0 Å². The third kappa shape index (κ3) is 3.25. The van der Waals surface area contributed by atoms with Crippen molar-refractivity contribution in [3.63, 3.8) is 0 Å². The number of allylic oxidation sites excluding steroid dienone is 2. The van der Waals surface area contributed by atoms with Gasteiger partial charge in [-0.2, -0.15) is 5.26 Å². The number of nitrogens with zero attached hydrogens (tertiary/aromatic N) is 2. The Hall–Kier alpha value is -2.57. The van der Waals surface area contributed by atoms with Crippen LogP contribution in [0.25, 0.3) is 17.2 Å². The maximum absolute atomic E-state index is 14.8. The summed E-state index contributed by atoms with van der Waals surface area (Å²) in [5.74, 6) is -0.345. The molecular formula is C22H20ClFN2. The smallest absolute Gasteiger partial charge is 0.132 e. The molecule has 0 fully saturated rings. The van der Waals surface area contributed by atoms with E-state index in [0.29, 0.717) is 21.7 Å². The fraction of sp³-hybridized carbons (Fsp3) is 0.227. The van der Waals surface area contributed by atoms with Gasteiger partial charge in [0.15, 0.2) is 0 Å². The standard InChI is InChI=1S/C22H20ClFN2/c1-14-12-22(2,3)26(4)21-11-20(24)16(10-19(14)21)9-17(13-25)15-5-7-18(23)8-6-15/h5-12H,1-4H3/b17-9+. The van der Waals surface area contributed by atoms with Gasteiger partial charge in [-0.25, -0.2) is 4.39 Å². The molecule has 0 aromatic heterocycles. The molecule has 0 aliphatic carbocycles. The lowest BCUT2D eigenvalue weighted by atomic mass is 9.88. The first-order valence-electron chi connectivity index (χ1n) is 8.38. The minimum Gasteiger partial charge on any atom is -0.365 e. The lowest BCUT2D eigenvalue weighted by Crippen LogP contribution is -2.42. The summed E-state index contributed by atoms with van der Waals surface area (Å²) < 4.78 is 14.8. The number of likely N-dealkylation sites (N-methyl/N-ethyl adjacent to an activating group) is 1. The van der Waals surface area contributed by atoms with Crippen molar-refractivity contribution in [2.45, 2.75) is 26.3 Å². The molecule has 0 amide bonds. The molecule has 132 valence electrons. The van der Waals surface area contributed by atoms with E-state index in [-0.39, 0.29) is 11.4 Å². The van der Waals surface area contributed by atoms with Crippen LogP contribution in [0.1, 0.15) is 37.5 Å². The van der Waals surface area contributed by atoms with Crippen molar-refractivity contribution >= 4 is 34.5 Å². The monoisotopic (exact) mass is 366 g/mol. The molecule has 0 atom stereocenters. The quantitative estimate of drug-likeness (QED) is 0.469. The first kappa shape index (κ1) is 18.2. The Kier molecular flexibility index (Phi) is 4.64. The molecule has 2 nitrogen and oxygen atoms in total. The average Bonchev–Trinajstić information content (AvgIpc) is 2.59. The Morgan fingerprint density at radius 1 is 1.23 bits per heavy atom. The van der Waals surface area contributed by atoms with E-state index >= 15 is 0 Å². The summed E-state index contributed by atoms with van der Waals surface area (Å²) in [6.45, 7) is 6.22. The molecule has 26 heavy (non-hydrogen) atoms. The zero-order valence-electron chi connectivity index (χ0n) is 15.3. The van der Waals surface area contributed by atoms with E-state index in [1.54, 1.807) is 36.4 Å². The highest BCUT2D eigenvalue weighted by Crippen LogP contribution is 2.39. The SMILES string of the molecule is CC1=CC(C)(C)N(C)c2cc(F)c(/C=C(\C#N)c3ccc(Cl)cc3)cc21. The largest absolute Gasteiger partial charge is 0.365 e. The van der Waals surface area contributed by atoms with Gasteiger partial charge >= 0.3 is 0 Å². The van der Waals surface area contributed by atoms with Crippen LogP contribution in [0.2, 0.25) is 5.02 Å². The molecular weight excluding hydrogens is 347 g/mol. The van der Waals surface area contributed by atoms with Crippen LogP contribution in [0.4, 0.5) is 10.1 Å². The van der Waals surface area contributed by atoms with Crippen LogP contribution in [0.5, 0.6) is 0 Å². The summed E-state index contributed by atoms with van der Waals surface area (Å²) in [5.41, 5.74) is 4.26. The molecule has 0 spiro atoms. The third-order valence-corrected chi connectivity index (χ3v) is 5.16. The number of hydrogen-bond donors (Lipinski definition) is 0. The predicted octanol–water partition coefficient (Wildman–Crippen LogP) is 6.17. The van der Waals surface area contributed by atoms with Crippen LogP contribution in [-0.2, 0) is 0 Å². The van der Waals surface area contributed by atoms with Crippen molar-refractivity contribution in [1.82, 2.24) is 0 Å². The average molecular weight is 367 g/mol. The zero-order chi connectivity index (χ0) is 19.1. The minimum atomic E-state index is -0.345. The van der Waals surface area contributed by atoms with Gasteiger partial charge in [0, 0.05) is 28.9 Å². The van der Waals surface area contributed by atoms with Crippen LogP contribution >= 0.6 is 11.6 Å². The Bertz CT molecular complexity index is 963. The molecule has 0 N–H and O–H groups in total. The second-order valence-corrected chi connectivity index (χ2v) is 7.54. The molecule has 0 saturated carbocycles. The van der Waals surface area contributed by atoms with Gasteiger partial charge in [0.2, 0.25) is 0 Å². The first-order valence-corrected chi connectivity index (χ1v) is 8.75. The summed E-state index contributed by atoms with van der Waals surface area (Å²) in [5, 5.41) is 10.1. The summed E-state index contributed by atoms with van der Waals surface area (Å²) in [4.78, 5) is 2.07. The topological polar surface area (TPSA) is 27.0 Å². The zero-order valence-corrected chi connectivity index (χ0v) is 16.0. The summed E-state index contributed by atoms with van der Waals surface area (Å²) in [6.07, 6.45) is 3.76. The van der Waals surface area contributed by atoms with Gasteiger partial charge in [-0.05, 0) is 62.2 Å². The maximum Gasteiger partial charge on any atom is 0.132 e. The fourth-order valence-corrected chi connectivity index (χ4v) is 3.39. The van der Waals surface area contributed by atoms with E-state index in [1.165, 1.54) is 0 Å². The van der Waals surface area contributed by atoms with E-state index in [0.717, 1.165) is 16.8 Å². The molecule has 4 heteroatoms. The molecule has 0 bridgehead atoms. The van der Waals surface area contributed by atoms with Gasteiger partial charge < -0.3 is 4.90 Å². The van der Waals surface area contributed by atoms with Crippen molar-refractivity contribution < 1.29 is 4.39 Å². The molecule has 0 unspecified atom stereocenters. The third-order valence-electron chi connectivity index (χ3n) is 4.91. The van der Waals surface area contributed by atoms with E-state index in [4.69, 9.17) is 11.6 Å². The lowest BCUT2D eigenvalue weighted by Gasteiger charge is -2.40. The second-order valence-electron chi connectivity index (χ2n) is 7.11. The highest BCUT2D eigenvalue weighted by molar-refractivity contribution is 6.30. The van der Waals surface area contributed by atoms with E-state index in [2.05, 4.69) is 30.9 Å². The van der Waals surface area contributed by atoms with Crippen LogP contribution < -0.4 is 4.90 Å². The van der Waals surface area contributed by atoms with Crippen LogP contribution in [-0.4, -0.2) is 12.6 Å². The molecule has 3 rings (SSSR count). The molecule has 1 aliphatic rings. The van der Waals surface area contributed by atoms with Crippen molar-refractivity contribution in [3.05, 3.63) is 70.0 Å². The van der Waals surface area contributed by atoms with Crippen molar-refractivity contribution in [1.29, 1.82) is 5.26 Å². The van der Waals surface area contributed by atoms with E-state index in [9.17, 15) is 9.65 Å². The molecule has 0 radical (unpaired) electrons. The minimum absolute atomic E-state index is 0.179. The number of anilines is 1. The number of nitriles is 1. The number of halogens is 2. The number of rotatable bonds is 2. The first-order chi connectivity index (χ1) is 12.2. The Balaban J connectivity index is 2.12. The molecule has 2 aromatic rings. The summed E-state index contributed by atoms with van der Waals surface area (Å²) in [6, 6.07) is 12.5. The highest BCUT2D eigenvalue weighted by atomic mass is 35.5. The predicted molar refractivity (Wildman–Crippen MR) is 107 cm³/mol. The maximum atomic E-state index is 14.8. The van der Waals surface area contributed by atoms with Crippen LogP contribution in [0.15, 0.2) is 42.5 Å². The molecule has 2 aromatic carbocycles. The molecule has 0 saturated heterocycles. The Morgan fingerprint density at radius 3 is 2.50 bits per heavy atom. The fourth-order valence-electron chi connectivity index (χ4n) is 3.26. The van der Waals surface area contributed by atoms with Gasteiger partial charge in [0.25, 0.3) is 0 Å². The van der Waals surface area contributed by atoms with Gasteiger partial charge in [0.05, 0.1) is 17.2 Å². The van der Waals surface area contributed by atoms with Gasteiger partial charge in [-0.15, -0.1) is 0 Å². The molecule has 1 heterocycles. The number of hydrogen-bond acceptors (Lipinski definition) is 2. The van der Waals surface area contributed by atoms with Gasteiger partial charge in [-0.1, -0.05) is 29.8 Å². The second kappa shape index (κ2) is 6.63. The highest BCUT2D eigenvalue weighted by Gasteiger charge is 2.29. The van der Waals surface area contributed by atoms with E-state index in [1.807, 2.05) is 20.0 Å². The number of fused-ring (bicyclic) bond motifs is 1. The Labute approximate surface area is 158 Å². The van der Waals surface area contributed by atoms with Crippen molar-refractivity contribution in [3.8, 4) is 6.07 Å². The van der Waals surface area contributed by atoms with E-state index < -0.39 is 0 Å². The normalized spacial score (nSPS) is 16.0. The molecule has 1 aliphatic heterocycles.